The van der Waals surface area contributed by atoms with E-state index in [9.17, 15) is 4.79 Å². The molecule has 0 aliphatic heterocycles. The van der Waals surface area contributed by atoms with Crippen molar-refractivity contribution in [3.63, 3.8) is 0 Å². The molecule has 0 aliphatic carbocycles. The minimum absolute atomic E-state index is 0.0778. The van der Waals surface area contributed by atoms with Gasteiger partial charge in [0.2, 0.25) is 5.89 Å². The highest BCUT2D eigenvalue weighted by atomic mass is 79.9. The topological polar surface area (TPSA) is 61.6 Å². The van der Waals surface area contributed by atoms with Gasteiger partial charge >= 0.3 is 5.97 Å². The molecular formula is C19H16BrNO4. The van der Waals surface area contributed by atoms with Crippen molar-refractivity contribution in [2.45, 2.75) is 13.5 Å². The van der Waals surface area contributed by atoms with Crippen LogP contribution in [0, 0.1) is 6.92 Å². The predicted molar refractivity (Wildman–Crippen MR) is 96.5 cm³/mol. The van der Waals surface area contributed by atoms with Gasteiger partial charge in [0.1, 0.15) is 18.1 Å². The van der Waals surface area contributed by atoms with Crippen LogP contribution in [0.15, 0.2) is 57.4 Å². The molecule has 0 saturated carbocycles. The summed E-state index contributed by atoms with van der Waals surface area (Å²) in [5, 5.41) is 0. The summed E-state index contributed by atoms with van der Waals surface area (Å²) in [7, 11) is 1.57. The highest BCUT2D eigenvalue weighted by molar-refractivity contribution is 9.10. The van der Waals surface area contributed by atoms with Crippen molar-refractivity contribution in [1.29, 1.82) is 0 Å². The number of rotatable bonds is 5. The fourth-order valence-electron chi connectivity index (χ4n) is 2.36. The Hall–Kier alpha value is -2.60. The molecule has 0 spiro atoms. The molecule has 128 valence electrons. The van der Waals surface area contributed by atoms with Gasteiger partial charge in [-0.05, 0) is 37.3 Å². The maximum atomic E-state index is 12.4. The third kappa shape index (κ3) is 3.91. The molecule has 1 heterocycles. The Bertz CT molecular complexity index is 890. The minimum atomic E-state index is -0.537. The van der Waals surface area contributed by atoms with Crippen molar-refractivity contribution >= 4 is 21.9 Å². The van der Waals surface area contributed by atoms with Gasteiger partial charge in [0, 0.05) is 15.6 Å². The average Bonchev–Trinajstić information content (AvgIpc) is 3.02. The van der Waals surface area contributed by atoms with Crippen molar-refractivity contribution in [3.05, 3.63) is 70.0 Å². The molecule has 3 rings (SSSR count). The van der Waals surface area contributed by atoms with Crippen LogP contribution >= 0.6 is 15.9 Å². The van der Waals surface area contributed by atoms with Crippen LogP contribution in [0.3, 0.4) is 0 Å². The number of nitrogens with zero attached hydrogens (tertiary/aromatic N) is 1. The number of halogens is 1. The van der Waals surface area contributed by atoms with Gasteiger partial charge in [0.15, 0.2) is 5.69 Å². The summed E-state index contributed by atoms with van der Waals surface area (Å²) in [6.45, 7) is 1.77. The standard InChI is InChI=1S/C19H16BrNO4/c1-12-17(21-18(25-12)13-6-4-3-5-7-13)19(22)24-11-14-10-15(20)8-9-16(14)23-2/h3-10H,11H2,1-2H3. The second kappa shape index (κ2) is 7.53. The third-order valence-corrected chi connectivity index (χ3v) is 4.11. The number of aryl methyl sites for hydroxylation is 1. The Morgan fingerprint density at radius 1 is 1.20 bits per heavy atom. The summed E-state index contributed by atoms with van der Waals surface area (Å²) in [6, 6.07) is 14.9. The first-order chi connectivity index (χ1) is 12.1. The summed E-state index contributed by atoms with van der Waals surface area (Å²) in [4.78, 5) is 16.6. The maximum absolute atomic E-state index is 12.4. The van der Waals surface area contributed by atoms with Gasteiger partial charge in [0.05, 0.1) is 7.11 Å². The van der Waals surface area contributed by atoms with Gasteiger partial charge in [-0.25, -0.2) is 9.78 Å². The van der Waals surface area contributed by atoms with Crippen molar-refractivity contribution in [1.82, 2.24) is 4.98 Å². The van der Waals surface area contributed by atoms with E-state index in [1.54, 1.807) is 14.0 Å². The molecule has 5 nitrogen and oxygen atoms in total. The summed E-state index contributed by atoms with van der Waals surface area (Å²) < 4.78 is 17.1. The lowest BCUT2D eigenvalue weighted by molar-refractivity contribution is 0.0462. The van der Waals surface area contributed by atoms with Gasteiger partial charge in [-0.1, -0.05) is 34.1 Å². The minimum Gasteiger partial charge on any atom is -0.496 e. The third-order valence-electron chi connectivity index (χ3n) is 3.61. The Kier molecular flexibility index (Phi) is 5.19. The number of hydrogen-bond acceptors (Lipinski definition) is 5. The molecule has 0 saturated heterocycles. The zero-order chi connectivity index (χ0) is 17.8. The highest BCUT2D eigenvalue weighted by Gasteiger charge is 2.20. The van der Waals surface area contributed by atoms with E-state index in [1.165, 1.54) is 0 Å². The van der Waals surface area contributed by atoms with Crippen molar-refractivity contribution in [3.8, 4) is 17.2 Å². The molecule has 0 N–H and O–H groups in total. The smallest absolute Gasteiger partial charge is 0.360 e. The van der Waals surface area contributed by atoms with E-state index in [2.05, 4.69) is 20.9 Å². The largest absolute Gasteiger partial charge is 0.496 e. The van der Waals surface area contributed by atoms with E-state index in [0.29, 0.717) is 17.4 Å². The van der Waals surface area contributed by atoms with Crippen molar-refractivity contribution < 1.29 is 18.7 Å². The first-order valence-corrected chi connectivity index (χ1v) is 8.40. The van der Waals surface area contributed by atoms with E-state index >= 15 is 0 Å². The van der Waals surface area contributed by atoms with Crippen LogP contribution in [0.1, 0.15) is 21.8 Å². The summed E-state index contributed by atoms with van der Waals surface area (Å²) in [5.41, 5.74) is 1.74. The lowest BCUT2D eigenvalue weighted by atomic mass is 10.2. The quantitative estimate of drug-likeness (QED) is 0.575. The van der Waals surface area contributed by atoms with Crippen LogP contribution in [0.5, 0.6) is 5.75 Å². The number of esters is 1. The fraction of sp³-hybridized carbons (Fsp3) is 0.158. The average molecular weight is 402 g/mol. The number of methoxy groups -OCH3 is 1. The predicted octanol–water partition coefficient (Wildman–Crippen LogP) is 4.78. The first kappa shape index (κ1) is 17.2. The number of hydrogen-bond donors (Lipinski definition) is 0. The molecule has 0 bridgehead atoms. The van der Waals surface area contributed by atoms with E-state index in [4.69, 9.17) is 13.9 Å². The monoisotopic (exact) mass is 401 g/mol. The summed E-state index contributed by atoms with van der Waals surface area (Å²) >= 11 is 3.39. The van der Waals surface area contributed by atoms with Crippen LogP contribution in [-0.2, 0) is 11.3 Å². The lowest BCUT2D eigenvalue weighted by Gasteiger charge is -2.09. The zero-order valence-corrected chi connectivity index (χ0v) is 15.4. The second-order valence-electron chi connectivity index (χ2n) is 5.32. The molecule has 2 aromatic carbocycles. The summed E-state index contributed by atoms with van der Waals surface area (Å²) in [5.74, 6) is 0.929. The molecular weight excluding hydrogens is 386 g/mol. The number of benzene rings is 2. The molecule has 0 unspecified atom stereocenters. The molecule has 3 aromatic rings. The second-order valence-corrected chi connectivity index (χ2v) is 6.24. The van der Waals surface area contributed by atoms with Crippen LogP contribution in [0.25, 0.3) is 11.5 Å². The van der Waals surface area contributed by atoms with Gasteiger partial charge < -0.3 is 13.9 Å². The maximum Gasteiger partial charge on any atom is 0.360 e. The molecule has 0 fully saturated rings. The molecule has 0 aliphatic rings. The van der Waals surface area contributed by atoms with E-state index in [1.807, 2.05) is 48.5 Å². The van der Waals surface area contributed by atoms with E-state index in [-0.39, 0.29) is 12.3 Å². The zero-order valence-electron chi connectivity index (χ0n) is 13.8. The van der Waals surface area contributed by atoms with Crippen LogP contribution in [0.4, 0.5) is 0 Å². The molecule has 0 atom stereocenters. The molecule has 1 aromatic heterocycles. The Morgan fingerprint density at radius 2 is 1.96 bits per heavy atom. The number of carbonyl (C=O) groups is 1. The van der Waals surface area contributed by atoms with Crippen LogP contribution in [-0.4, -0.2) is 18.1 Å². The Labute approximate surface area is 153 Å². The van der Waals surface area contributed by atoms with Gasteiger partial charge in [-0.15, -0.1) is 0 Å². The fourth-order valence-corrected chi connectivity index (χ4v) is 2.77. The van der Waals surface area contributed by atoms with E-state index < -0.39 is 5.97 Å². The van der Waals surface area contributed by atoms with Crippen molar-refractivity contribution in [2.24, 2.45) is 0 Å². The van der Waals surface area contributed by atoms with Gasteiger partial charge in [-0.3, -0.25) is 0 Å². The lowest BCUT2D eigenvalue weighted by Crippen LogP contribution is -2.08. The number of aromatic nitrogens is 1. The molecule has 0 radical (unpaired) electrons. The SMILES string of the molecule is COc1ccc(Br)cc1COC(=O)c1nc(-c2ccccc2)oc1C. The highest BCUT2D eigenvalue weighted by Crippen LogP contribution is 2.25. The van der Waals surface area contributed by atoms with Crippen LogP contribution < -0.4 is 4.74 Å². The molecule has 25 heavy (non-hydrogen) atoms. The van der Waals surface area contributed by atoms with Gasteiger partial charge in [0.25, 0.3) is 0 Å². The molecule has 0 amide bonds. The number of oxazole rings is 1. The number of carbonyl (C=O) groups excluding carboxylic acids is 1. The molecule has 6 heteroatoms. The normalized spacial score (nSPS) is 10.5. The first-order valence-electron chi connectivity index (χ1n) is 7.61. The van der Waals surface area contributed by atoms with Crippen molar-refractivity contribution in [2.75, 3.05) is 7.11 Å². The van der Waals surface area contributed by atoms with Crippen LogP contribution in [0.2, 0.25) is 0 Å². The Morgan fingerprint density at radius 3 is 2.68 bits per heavy atom. The number of ether oxygens (including phenoxy) is 2. The Balaban J connectivity index is 1.76. The van der Waals surface area contributed by atoms with E-state index in [0.717, 1.165) is 15.6 Å². The summed E-state index contributed by atoms with van der Waals surface area (Å²) in [6.07, 6.45) is 0. The van der Waals surface area contributed by atoms with Gasteiger partial charge in [-0.2, -0.15) is 0 Å².